The summed E-state index contributed by atoms with van der Waals surface area (Å²) in [6.45, 7) is 4.31. The highest BCUT2D eigenvalue weighted by Gasteiger charge is 2.51. The molecule has 0 unspecified atom stereocenters. The van der Waals surface area contributed by atoms with Gasteiger partial charge < -0.3 is 34.6 Å². The summed E-state index contributed by atoms with van der Waals surface area (Å²) in [5.41, 5.74) is 1.18. The molecule has 1 aliphatic heterocycles. The van der Waals surface area contributed by atoms with Crippen molar-refractivity contribution in [2.24, 2.45) is 0 Å². The number of fused-ring (bicyclic) bond motifs is 3. The molecule has 37 heavy (non-hydrogen) atoms. The zero-order chi connectivity index (χ0) is 26.9. The van der Waals surface area contributed by atoms with Crippen LogP contribution in [0.4, 0.5) is 0 Å². The number of carbonyl (C=O) groups is 3. The molecule has 4 atom stereocenters. The van der Waals surface area contributed by atoms with Crippen LogP contribution in [0, 0.1) is 0 Å². The highest BCUT2D eigenvalue weighted by molar-refractivity contribution is 5.96. The maximum absolute atomic E-state index is 13.3. The van der Waals surface area contributed by atoms with E-state index in [0.29, 0.717) is 47.6 Å². The van der Waals surface area contributed by atoms with E-state index in [1.807, 2.05) is 0 Å². The number of carbonyl (C=O) groups excluding carboxylic acids is 3. The molecule has 0 aromatic heterocycles. The molecule has 1 aromatic carbocycles. The molecule has 3 rings (SSSR count). The van der Waals surface area contributed by atoms with Crippen LogP contribution in [0.25, 0.3) is 0 Å². The van der Waals surface area contributed by atoms with Crippen molar-refractivity contribution in [1.29, 1.82) is 0 Å². The summed E-state index contributed by atoms with van der Waals surface area (Å²) in [6.07, 6.45) is 3.95. The Kier molecular flexibility index (Phi) is 10.5. The predicted octanol–water partition coefficient (Wildman–Crippen LogP) is 1.58. The minimum absolute atomic E-state index is 0.0379. The van der Waals surface area contributed by atoms with E-state index in [1.165, 1.54) is 13.2 Å². The summed E-state index contributed by atoms with van der Waals surface area (Å²) >= 11 is 0. The Bertz CT molecular complexity index is 995. The molecule has 1 heterocycles. The van der Waals surface area contributed by atoms with E-state index in [4.69, 9.17) is 14.2 Å². The second kappa shape index (κ2) is 13.6. The van der Waals surface area contributed by atoms with Gasteiger partial charge in [0.15, 0.2) is 11.5 Å². The molecule has 0 radical (unpaired) electrons. The molecule has 10 heteroatoms. The molecule has 0 bridgehead atoms. The van der Waals surface area contributed by atoms with Gasteiger partial charge in [0.1, 0.15) is 25.1 Å². The zero-order valence-corrected chi connectivity index (χ0v) is 21.8. The number of hydrogen-bond donors (Lipinski definition) is 3. The van der Waals surface area contributed by atoms with Gasteiger partial charge in [0, 0.05) is 36.4 Å². The van der Waals surface area contributed by atoms with Crippen molar-refractivity contribution >= 4 is 18.1 Å². The molecule has 0 spiro atoms. The largest absolute Gasteiger partial charge is 0.493 e. The van der Waals surface area contributed by atoms with Crippen LogP contribution in [-0.2, 0) is 14.3 Å². The van der Waals surface area contributed by atoms with Crippen LogP contribution in [0.15, 0.2) is 23.8 Å². The minimum atomic E-state index is -1.16. The molecule has 204 valence electrons. The Balaban J connectivity index is 2.06. The fraction of sp³-hybridized carbons (Fsp3) is 0.593. The molecule has 0 saturated heterocycles. The first-order valence-corrected chi connectivity index (χ1v) is 12.9. The van der Waals surface area contributed by atoms with E-state index in [-0.39, 0.29) is 25.7 Å². The number of aldehydes is 1. The Labute approximate surface area is 217 Å². The topological polar surface area (TPSA) is 135 Å². The Morgan fingerprint density at radius 3 is 2.65 bits per heavy atom. The number of hydrogen-bond acceptors (Lipinski definition) is 8. The molecule has 10 nitrogen and oxygen atoms in total. The number of unbranched alkanes of at least 4 members (excludes halogenated alkanes) is 3. The number of nitrogens with one attached hydrogen (secondary N) is 1. The first-order valence-electron chi connectivity index (χ1n) is 12.9. The van der Waals surface area contributed by atoms with E-state index in [2.05, 4.69) is 12.2 Å². The van der Waals surface area contributed by atoms with E-state index in [0.717, 1.165) is 25.7 Å². The van der Waals surface area contributed by atoms with Gasteiger partial charge in [-0.1, -0.05) is 26.2 Å². The van der Waals surface area contributed by atoms with Crippen LogP contribution in [0.2, 0.25) is 0 Å². The summed E-state index contributed by atoms with van der Waals surface area (Å²) in [4.78, 5) is 39.6. The number of nitrogens with zero attached hydrogens (tertiary/aromatic N) is 1. The minimum Gasteiger partial charge on any atom is -0.493 e. The van der Waals surface area contributed by atoms with Gasteiger partial charge >= 0.3 is 0 Å². The van der Waals surface area contributed by atoms with Gasteiger partial charge in [-0.15, -0.1) is 0 Å². The average Bonchev–Trinajstić information content (AvgIpc) is 3.30. The van der Waals surface area contributed by atoms with Crippen molar-refractivity contribution in [3.8, 4) is 11.5 Å². The quantitative estimate of drug-likeness (QED) is 0.250. The third-order valence-corrected chi connectivity index (χ3v) is 6.77. The van der Waals surface area contributed by atoms with Crippen molar-refractivity contribution in [2.45, 2.75) is 63.7 Å². The number of amides is 2. The van der Waals surface area contributed by atoms with E-state index in [1.54, 1.807) is 24.0 Å². The van der Waals surface area contributed by atoms with Crippen LogP contribution < -0.4 is 14.8 Å². The lowest BCUT2D eigenvalue weighted by molar-refractivity contribution is -0.141. The van der Waals surface area contributed by atoms with Gasteiger partial charge in [0.25, 0.3) is 0 Å². The number of rotatable bonds is 14. The van der Waals surface area contributed by atoms with E-state index >= 15 is 0 Å². The SMILES string of the molecule is CCCCCCN(C(=O)COCC)[C@@H]1C=C(C(=O)NCCO)[C@@H]2c3cc(C=O)cc(OC)c3O[C@@H]2[C@H]1O. The molecule has 1 aliphatic carbocycles. The van der Waals surface area contributed by atoms with Gasteiger partial charge in [-0.3, -0.25) is 14.4 Å². The number of ether oxygens (including phenoxy) is 3. The second-order valence-corrected chi connectivity index (χ2v) is 9.19. The van der Waals surface area contributed by atoms with E-state index < -0.39 is 30.1 Å². The van der Waals surface area contributed by atoms with Crippen LogP contribution >= 0.6 is 0 Å². The lowest BCUT2D eigenvalue weighted by atomic mass is 9.77. The third kappa shape index (κ3) is 6.31. The number of aliphatic hydroxyl groups is 2. The molecular weight excluding hydrogens is 480 g/mol. The summed E-state index contributed by atoms with van der Waals surface area (Å²) < 4.78 is 17.0. The maximum atomic E-state index is 13.3. The van der Waals surface area contributed by atoms with Crippen LogP contribution in [0.1, 0.15) is 61.4 Å². The van der Waals surface area contributed by atoms with Crippen molar-refractivity contribution in [1.82, 2.24) is 10.2 Å². The molecule has 0 saturated carbocycles. The second-order valence-electron chi connectivity index (χ2n) is 9.19. The molecule has 3 N–H and O–H groups in total. The van der Waals surface area contributed by atoms with Gasteiger partial charge in [0.05, 0.1) is 25.7 Å². The highest BCUT2D eigenvalue weighted by Crippen LogP contribution is 2.51. The first kappa shape index (κ1) is 28.6. The number of aliphatic hydroxyl groups excluding tert-OH is 2. The summed E-state index contributed by atoms with van der Waals surface area (Å²) in [5, 5.41) is 23.5. The van der Waals surface area contributed by atoms with Crippen molar-refractivity contribution in [2.75, 3.05) is 40.0 Å². The summed E-state index contributed by atoms with van der Waals surface area (Å²) in [7, 11) is 1.45. The third-order valence-electron chi connectivity index (χ3n) is 6.77. The van der Waals surface area contributed by atoms with Crippen molar-refractivity contribution in [3.63, 3.8) is 0 Å². The average molecular weight is 519 g/mol. The van der Waals surface area contributed by atoms with Crippen LogP contribution in [-0.4, -0.2) is 91.5 Å². The molecule has 2 amide bonds. The molecule has 0 fully saturated rings. The molecular formula is C27H38N2O8. The number of benzene rings is 1. The number of methoxy groups -OCH3 is 1. The lowest BCUT2D eigenvalue weighted by Crippen LogP contribution is -2.56. The predicted molar refractivity (Wildman–Crippen MR) is 136 cm³/mol. The lowest BCUT2D eigenvalue weighted by Gasteiger charge is -2.40. The molecule has 2 aliphatic rings. The highest BCUT2D eigenvalue weighted by atomic mass is 16.5. The smallest absolute Gasteiger partial charge is 0.249 e. The maximum Gasteiger partial charge on any atom is 0.249 e. The fourth-order valence-electron chi connectivity index (χ4n) is 4.98. The van der Waals surface area contributed by atoms with Gasteiger partial charge in [-0.05, 0) is 31.6 Å². The first-order chi connectivity index (χ1) is 17.9. The molecule has 1 aromatic rings. The van der Waals surface area contributed by atoms with Crippen molar-refractivity contribution in [3.05, 3.63) is 34.9 Å². The van der Waals surface area contributed by atoms with Crippen LogP contribution in [0.5, 0.6) is 11.5 Å². The van der Waals surface area contributed by atoms with Crippen molar-refractivity contribution < 1.29 is 38.8 Å². The normalized spacial score (nSPS) is 21.8. The summed E-state index contributed by atoms with van der Waals surface area (Å²) in [6, 6.07) is 2.32. The Hall–Kier alpha value is -2.95. The summed E-state index contributed by atoms with van der Waals surface area (Å²) in [5.74, 6) is -0.771. The zero-order valence-electron chi connectivity index (χ0n) is 21.8. The van der Waals surface area contributed by atoms with Gasteiger partial charge in [0.2, 0.25) is 11.8 Å². The van der Waals surface area contributed by atoms with Crippen LogP contribution in [0.3, 0.4) is 0 Å². The van der Waals surface area contributed by atoms with E-state index in [9.17, 15) is 24.6 Å². The van der Waals surface area contributed by atoms with Gasteiger partial charge in [-0.2, -0.15) is 0 Å². The standard InChI is InChI=1S/C27H38N2O8/c1-4-6-7-8-10-29(22(32)16-36-5-2)20-14-19(27(34)28-9-11-30)23-18-12-17(15-31)13-21(35-3)25(18)37-26(23)24(20)33/h12-15,20,23-24,26,30,33H,4-11,16H2,1-3H3,(H,28,34)/t20-,23+,24+,26+/m1/s1. The monoisotopic (exact) mass is 518 g/mol. The Morgan fingerprint density at radius 2 is 2.00 bits per heavy atom. The Morgan fingerprint density at radius 1 is 1.22 bits per heavy atom. The van der Waals surface area contributed by atoms with Gasteiger partial charge in [-0.25, -0.2) is 0 Å². The fourth-order valence-corrected chi connectivity index (χ4v) is 4.98.